The summed E-state index contributed by atoms with van der Waals surface area (Å²) < 4.78 is 30.9. The average molecular weight is 259 g/mol. The van der Waals surface area contributed by atoms with Gasteiger partial charge in [0.15, 0.2) is 0 Å². The van der Waals surface area contributed by atoms with E-state index in [1.807, 2.05) is 0 Å². The van der Waals surface area contributed by atoms with Gasteiger partial charge >= 0.3 is 0 Å². The van der Waals surface area contributed by atoms with Crippen molar-refractivity contribution in [3.63, 3.8) is 0 Å². The third kappa shape index (κ3) is 1.73. The van der Waals surface area contributed by atoms with Gasteiger partial charge in [0.05, 0.1) is 5.02 Å². The molecule has 0 aliphatic heterocycles. The highest BCUT2D eigenvalue weighted by molar-refractivity contribution is 7.86. The van der Waals surface area contributed by atoms with Crippen LogP contribution in [0.3, 0.4) is 0 Å². The second kappa shape index (κ2) is 3.62. The minimum atomic E-state index is -4.44. The van der Waals surface area contributed by atoms with Crippen molar-refractivity contribution in [3.05, 3.63) is 35.4 Å². The van der Waals surface area contributed by atoms with Crippen molar-refractivity contribution < 1.29 is 18.1 Å². The summed E-state index contributed by atoms with van der Waals surface area (Å²) in [4.78, 5) is -0.495. The molecule has 0 saturated heterocycles. The largest absolute Gasteiger partial charge is 0.507 e. The van der Waals surface area contributed by atoms with E-state index in [1.165, 1.54) is 0 Å². The van der Waals surface area contributed by atoms with Crippen LogP contribution >= 0.6 is 11.6 Å². The van der Waals surface area contributed by atoms with Gasteiger partial charge in [-0.15, -0.1) is 0 Å². The number of phenolic OH excluding ortho intramolecular Hbond substituents is 1. The van der Waals surface area contributed by atoms with E-state index in [2.05, 4.69) is 0 Å². The van der Waals surface area contributed by atoms with Gasteiger partial charge in [0, 0.05) is 16.8 Å². The number of aromatic hydroxyl groups is 1. The predicted molar refractivity (Wildman–Crippen MR) is 60.4 cm³/mol. The van der Waals surface area contributed by atoms with Gasteiger partial charge in [0.2, 0.25) is 0 Å². The van der Waals surface area contributed by atoms with Crippen molar-refractivity contribution in [3.8, 4) is 5.75 Å². The number of halogens is 1. The monoisotopic (exact) mass is 258 g/mol. The Kier molecular flexibility index (Phi) is 2.53. The molecule has 0 aromatic heterocycles. The molecule has 0 radical (unpaired) electrons. The average Bonchev–Trinajstić information content (AvgIpc) is 2.22. The maximum Gasteiger partial charge on any atom is 0.296 e. The van der Waals surface area contributed by atoms with Crippen LogP contribution in [-0.4, -0.2) is 18.1 Å². The van der Waals surface area contributed by atoms with Crippen molar-refractivity contribution in [1.82, 2.24) is 0 Å². The lowest BCUT2D eigenvalue weighted by atomic mass is 10.1. The second-order valence-corrected chi connectivity index (χ2v) is 5.00. The van der Waals surface area contributed by atoms with Crippen LogP contribution in [0.4, 0.5) is 0 Å². The predicted octanol–water partition coefficient (Wildman–Crippen LogP) is 2.45. The standard InChI is InChI=1S/C10H7ClO4S/c11-10-7-4-2-1-3-6(7)8(12)5-9(10)16(13,14)15/h1-5,12H,(H,13,14,15). The van der Waals surface area contributed by atoms with Gasteiger partial charge in [0.25, 0.3) is 10.1 Å². The zero-order chi connectivity index (χ0) is 11.9. The fraction of sp³-hybridized carbons (Fsp3) is 0. The van der Waals surface area contributed by atoms with Gasteiger partial charge < -0.3 is 5.11 Å². The van der Waals surface area contributed by atoms with E-state index >= 15 is 0 Å². The van der Waals surface area contributed by atoms with Gasteiger partial charge in [-0.3, -0.25) is 4.55 Å². The van der Waals surface area contributed by atoms with Crippen molar-refractivity contribution >= 4 is 32.5 Å². The van der Waals surface area contributed by atoms with Crippen LogP contribution in [0.15, 0.2) is 35.2 Å². The summed E-state index contributed by atoms with van der Waals surface area (Å²) in [5, 5.41) is 10.3. The van der Waals surface area contributed by atoms with Gasteiger partial charge in [-0.1, -0.05) is 35.9 Å². The number of hydrogen-bond donors (Lipinski definition) is 2. The zero-order valence-electron chi connectivity index (χ0n) is 7.88. The maximum atomic E-state index is 11.0. The van der Waals surface area contributed by atoms with E-state index < -0.39 is 15.0 Å². The molecular formula is C10H7ClO4S. The molecular weight excluding hydrogens is 252 g/mol. The molecule has 0 bridgehead atoms. The first-order chi connectivity index (χ1) is 7.41. The molecule has 0 unspecified atom stereocenters. The summed E-state index contributed by atoms with van der Waals surface area (Å²) in [5.74, 6) is -0.243. The van der Waals surface area contributed by atoms with Gasteiger partial charge in [-0.2, -0.15) is 8.42 Å². The fourth-order valence-corrected chi connectivity index (χ4v) is 2.59. The van der Waals surface area contributed by atoms with E-state index in [9.17, 15) is 13.5 Å². The zero-order valence-corrected chi connectivity index (χ0v) is 9.46. The Balaban J connectivity index is 2.97. The van der Waals surface area contributed by atoms with E-state index in [4.69, 9.17) is 16.2 Å². The molecule has 2 rings (SSSR count). The van der Waals surface area contributed by atoms with Crippen molar-refractivity contribution in [2.75, 3.05) is 0 Å². The van der Waals surface area contributed by atoms with Crippen LogP contribution < -0.4 is 0 Å². The minimum Gasteiger partial charge on any atom is -0.507 e. The van der Waals surface area contributed by atoms with E-state index in [1.54, 1.807) is 24.3 Å². The lowest BCUT2D eigenvalue weighted by molar-refractivity contribution is 0.471. The molecule has 0 fully saturated rings. The first-order valence-corrected chi connectivity index (χ1v) is 6.11. The SMILES string of the molecule is O=S(=O)(O)c1cc(O)c2ccccc2c1Cl. The van der Waals surface area contributed by atoms with Crippen LogP contribution in [0.2, 0.25) is 5.02 Å². The quantitative estimate of drug-likeness (QED) is 0.771. The summed E-state index contributed by atoms with van der Waals surface area (Å²) in [6.07, 6.45) is 0. The first kappa shape index (κ1) is 11.2. The Bertz CT molecular complexity index is 664. The minimum absolute atomic E-state index is 0.101. The molecule has 0 amide bonds. The Morgan fingerprint density at radius 2 is 1.69 bits per heavy atom. The molecule has 16 heavy (non-hydrogen) atoms. The molecule has 0 spiro atoms. The Hall–Kier alpha value is -1.30. The lowest BCUT2D eigenvalue weighted by Crippen LogP contribution is -1.99. The number of rotatable bonds is 1. The van der Waals surface area contributed by atoms with Gasteiger partial charge in [-0.25, -0.2) is 0 Å². The highest BCUT2D eigenvalue weighted by atomic mass is 35.5. The second-order valence-electron chi connectivity index (χ2n) is 3.23. The molecule has 0 heterocycles. The Morgan fingerprint density at radius 3 is 2.25 bits per heavy atom. The molecule has 0 saturated carbocycles. The Morgan fingerprint density at radius 1 is 1.12 bits per heavy atom. The molecule has 2 N–H and O–H groups in total. The van der Waals surface area contributed by atoms with Crippen LogP contribution in [-0.2, 0) is 10.1 Å². The van der Waals surface area contributed by atoms with Crippen LogP contribution in [0.1, 0.15) is 0 Å². The number of fused-ring (bicyclic) bond motifs is 1. The normalized spacial score (nSPS) is 11.9. The van der Waals surface area contributed by atoms with E-state index in [0.29, 0.717) is 10.8 Å². The topological polar surface area (TPSA) is 74.6 Å². The third-order valence-electron chi connectivity index (χ3n) is 2.20. The summed E-state index contributed by atoms with van der Waals surface area (Å²) >= 11 is 5.85. The molecule has 6 heteroatoms. The highest BCUT2D eigenvalue weighted by Gasteiger charge is 2.18. The molecule has 0 aliphatic carbocycles. The number of hydrogen-bond acceptors (Lipinski definition) is 3. The molecule has 0 atom stereocenters. The molecule has 0 aliphatic rings. The molecule has 84 valence electrons. The van der Waals surface area contributed by atoms with E-state index in [-0.39, 0.29) is 10.8 Å². The summed E-state index contributed by atoms with van der Waals surface area (Å²) in [5.41, 5.74) is 0. The highest BCUT2D eigenvalue weighted by Crippen LogP contribution is 2.35. The van der Waals surface area contributed by atoms with Crippen LogP contribution in [0.25, 0.3) is 10.8 Å². The van der Waals surface area contributed by atoms with Gasteiger partial charge in [-0.05, 0) is 0 Å². The molecule has 2 aromatic rings. The summed E-state index contributed by atoms with van der Waals surface area (Å²) in [6.45, 7) is 0. The fourth-order valence-electron chi connectivity index (χ4n) is 1.48. The molecule has 4 nitrogen and oxygen atoms in total. The van der Waals surface area contributed by atoms with E-state index in [0.717, 1.165) is 6.07 Å². The van der Waals surface area contributed by atoms with Crippen LogP contribution in [0, 0.1) is 0 Å². The number of benzene rings is 2. The first-order valence-electron chi connectivity index (χ1n) is 4.29. The maximum absolute atomic E-state index is 11.0. The Labute approximate surface area is 96.8 Å². The smallest absolute Gasteiger partial charge is 0.296 e. The summed E-state index contributed by atoms with van der Waals surface area (Å²) in [7, 11) is -4.44. The molecule has 2 aromatic carbocycles. The van der Waals surface area contributed by atoms with Gasteiger partial charge in [0.1, 0.15) is 10.6 Å². The number of phenols is 1. The van der Waals surface area contributed by atoms with Crippen molar-refractivity contribution in [1.29, 1.82) is 0 Å². The van der Waals surface area contributed by atoms with Crippen molar-refractivity contribution in [2.24, 2.45) is 0 Å². The third-order valence-corrected chi connectivity index (χ3v) is 3.60. The van der Waals surface area contributed by atoms with Crippen molar-refractivity contribution in [2.45, 2.75) is 4.90 Å². The summed E-state index contributed by atoms with van der Waals surface area (Å²) in [6, 6.07) is 7.43. The van der Waals surface area contributed by atoms with Crippen LogP contribution in [0.5, 0.6) is 5.75 Å². The lowest BCUT2D eigenvalue weighted by Gasteiger charge is -2.07.